The second-order valence-electron chi connectivity index (χ2n) is 5.13. The van der Waals surface area contributed by atoms with Crippen molar-refractivity contribution >= 4 is 0 Å². The Morgan fingerprint density at radius 3 is 2.57 bits per heavy atom. The molecule has 1 N–H and O–H groups in total. The summed E-state index contributed by atoms with van der Waals surface area (Å²) in [6.45, 7) is 7.12. The summed E-state index contributed by atoms with van der Waals surface area (Å²) in [5, 5.41) is 10.4. The lowest BCUT2D eigenvalue weighted by Gasteiger charge is -2.42. The highest BCUT2D eigenvalue weighted by atomic mass is 16.3. The number of hydrogen-bond donors (Lipinski definition) is 1. The molecule has 0 aromatic rings. The Morgan fingerprint density at radius 2 is 2.07 bits per heavy atom. The lowest BCUT2D eigenvalue weighted by molar-refractivity contribution is -0.0535. The van der Waals surface area contributed by atoms with Crippen molar-refractivity contribution < 1.29 is 5.11 Å². The SMILES string of the molecule is CC(C)N1CCC[C@@](O)(CN(C)C)C1. The molecule has 1 heterocycles. The number of hydrogen-bond acceptors (Lipinski definition) is 3. The van der Waals surface area contributed by atoms with Gasteiger partial charge in [-0.1, -0.05) is 0 Å². The third-order valence-corrected chi connectivity index (χ3v) is 2.93. The van der Waals surface area contributed by atoms with Crippen LogP contribution in [-0.4, -0.2) is 60.3 Å². The molecule has 84 valence electrons. The fraction of sp³-hybridized carbons (Fsp3) is 1.00. The van der Waals surface area contributed by atoms with Crippen molar-refractivity contribution in [1.82, 2.24) is 9.80 Å². The van der Waals surface area contributed by atoms with Gasteiger partial charge in [0.15, 0.2) is 0 Å². The molecule has 0 aliphatic carbocycles. The van der Waals surface area contributed by atoms with Crippen LogP contribution in [0.4, 0.5) is 0 Å². The zero-order valence-electron chi connectivity index (χ0n) is 9.95. The maximum atomic E-state index is 10.4. The molecule has 0 unspecified atom stereocenters. The first kappa shape index (κ1) is 12.0. The molecule has 3 heteroatoms. The quantitative estimate of drug-likeness (QED) is 0.729. The Kier molecular flexibility index (Phi) is 3.93. The van der Waals surface area contributed by atoms with E-state index in [0.29, 0.717) is 6.04 Å². The average molecular weight is 200 g/mol. The molecule has 0 aromatic carbocycles. The van der Waals surface area contributed by atoms with Gasteiger partial charge >= 0.3 is 0 Å². The summed E-state index contributed by atoms with van der Waals surface area (Å²) in [6.07, 6.45) is 2.05. The van der Waals surface area contributed by atoms with Crippen LogP contribution in [0, 0.1) is 0 Å². The van der Waals surface area contributed by atoms with Crippen LogP contribution >= 0.6 is 0 Å². The van der Waals surface area contributed by atoms with Crippen molar-refractivity contribution in [2.24, 2.45) is 0 Å². The molecule has 0 radical (unpaired) electrons. The number of piperidine rings is 1. The molecule has 0 saturated carbocycles. The van der Waals surface area contributed by atoms with Gasteiger partial charge in [-0.2, -0.15) is 0 Å². The van der Waals surface area contributed by atoms with E-state index in [9.17, 15) is 5.11 Å². The Labute approximate surface area is 87.7 Å². The topological polar surface area (TPSA) is 26.7 Å². The first-order valence-corrected chi connectivity index (χ1v) is 5.54. The number of aliphatic hydroxyl groups is 1. The van der Waals surface area contributed by atoms with E-state index in [0.717, 1.165) is 32.5 Å². The summed E-state index contributed by atoms with van der Waals surface area (Å²) in [6, 6.07) is 0.545. The van der Waals surface area contributed by atoms with Gasteiger partial charge in [-0.15, -0.1) is 0 Å². The van der Waals surface area contributed by atoms with Crippen molar-refractivity contribution in [2.45, 2.75) is 38.3 Å². The molecule has 1 rings (SSSR count). The molecule has 1 aliphatic rings. The second kappa shape index (κ2) is 4.60. The third kappa shape index (κ3) is 3.23. The minimum absolute atomic E-state index is 0.494. The molecule has 3 nitrogen and oxygen atoms in total. The number of rotatable bonds is 3. The van der Waals surface area contributed by atoms with Gasteiger partial charge in [0.2, 0.25) is 0 Å². The number of β-amino-alcohol motifs (C(OH)–C–C–N with tert-alkyl or cyclic N) is 1. The first-order chi connectivity index (χ1) is 6.43. The van der Waals surface area contributed by atoms with Gasteiger partial charge in [0.05, 0.1) is 5.60 Å². The summed E-state index contributed by atoms with van der Waals surface area (Å²) in [7, 11) is 4.04. The summed E-state index contributed by atoms with van der Waals surface area (Å²) < 4.78 is 0. The van der Waals surface area contributed by atoms with Crippen LogP contribution in [0.1, 0.15) is 26.7 Å². The smallest absolute Gasteiger partial charge is 0.0900 e. The van der Waals surface area contributed by atoms with E-state index in [4.69, 9.17) is 0 Å². The maximum absolute atomic E-state index is 10.4. The van der Waals surface area contributed by atoms with E-state index < -0.39 is 5.60 Å². The van der Waals surface area contributed by atoms with Crippen LogP contribution in [0.5, 0.6) is 0 Å². The van der Waals surface area contributed by atoms with Crippen LogP contribution in [-0.2, 0) is 0 Å². The van der Waals surface area contributed by atoms with Gasteiger partial charge in [0, 0.05) is 19.1 Å². The van der Waals surface area contributed by atoms with Crippen LogP contribution in [0.3, 0.4) is 0 Å². The molecule has 1 aliphatic heterocycles. The molecular formula is C11H24N2O. The Hall–Kier alpha value is -0.120. The minimum atomic E-state index is -0.494. The number of likely N-dealkylation sites (N-methyl/N-ethyl adjacent to an activating group) is 1. The van der Waals surface area contributed by atoms with Gasteiger partial charge in [0.25, 0.3) is 0 Å². The summed E-state index contributed by atoms with van der Waals surface area (Å²) >= 11 is 0. The van der Waals surface area contributed by atoms with Crippen LogP contribution in [0.25, 0.3) is 0 Å². The zero-order chi connectivity index (χ0) is 10.8. The lowest BCUT2D eigenvalue weighted by atomic mass is 9.91. The molecule has 0 spiro atoms. The maximum Gasteiger partial charge on any atom is 0.0900 e. The monoisotopic (exact) mass is 200 g/mol. The molecule has 1 saturated heterocycles. The number of nitrogens with zero attached hydrogens (tertiary/aromatic N) is 2. The van der Waals surface area contributed by atoms with Crippen molar-refractivity contribution in [3.63, 3.8) is 0 Å². The predicted molar refractivity (Wildman–Crippen MR) is 59.4 cm³/mol. The van der Waals surface area contributed by atoms with E-state index in [1.165, 1.54) is 0 Å². The molecular weight excluding hydrogens is 176 g/mol. The average Bonchev–Trinajstić information content (AvgIpc) is 2.01. The minimum Gasteiger partial charge on any atom is -0.387 e. The lowest BCUT2D eigenvalue weighted by Crippen LogP contribution is -2.54. The van der Waals surface area contributed by atoms with E-state index in [1.54, 1.807) is 0 Å². The first-order valence-electron chi connectivity index (χ1n) is 5.54. The van der Waals surface area contributed by atoms with E-state index in [2.05, 4.69) is 23.6 Å². The van der Waals surface area contributed by atoms with Crippen molar-refractivity contribution in [3.05, 3.63) is 0 Å². The zero-order valence-corrected chi connectivity index (χ0v) is 9.95. The second-order valence-corrected chi connectivity index (χ2v) is 5.13. The Bertz CT molecular complexity index is 182. The van der Waals surface area contributed by atoms with E-state index >= 15 is 0 Å². The molecule has 0 bridgehead atoms. The largest absolute Gasteiger partial charge is 0.387 e. The molecule has 1 fully saturated rings. The van der Waals surface area contributed by atoms with Crippen LogP contribution < -0.4 is 0 Å². The third-order valence-electron chi connectivity index (χ3n) is 2.93. The summed E-state index contributed by atoms with van der Waals surface area (Å²) in [5.41, 5.74) is -0.494. The van der Waals surface area contributed by atoms with Crippen LogP contribution in [0.15, 0.2) is 0 Å². The fourth-order valence-corrected chi connectivity index (χ4v) is 2.31. The highest BCUT2D eigenvalue weighted by Gasteiger charge is 2.34. The molecule has 1 atom stereocenters. The predicted octanol–water partition coefficient (Wildman–Crippen LogP) is 0.783. The summed E-state index contributed by atoms with van der Waals surface area (Å²) in [5.74, 6) is 0. The van der Waals surface area contributed by atoms with Crippen molar-refractivity contribution in [2.75, 3.05) is 33.7 Å². The molecule has 0 aromatic heterocycles. The van der Waals surface area contributed by atoms with Crippen LogP contribution in [0.2, 0.25) is 0 Å². The standard InChI is InChI=1S/C11H24N2O/c1-10(2)13-7-5-6-11(14,9-13)8-12(3)4/h10,14H,5-9H2,1-4H3/t11-/m1/s1. The van der Waals surface area contributed by atoms with E-state index in [1.807, 2.05) is 14.1 Å². The van der Waals surface area contributed by atoms with Gasteiger partial charge < -0.3 is 10.0 Å². The highest BCUT2D eigenvalue weighted by molar-refractivity contribution is 4.89. The molecule has 14 heavy (non-hydrogen) atoms. The van der Waals surface area contributed by atoms with Gasteiger partial charge in [-0.25, -0.2) is 0 Å². The van der Waals surface area contributed by atoms with Gasteiger partial charge in [-0.3, -0.25) is 4.90 Å². The molecule has 0 amide bonds. The Morgan fingerprint density at radius 1 is 1.43 bits per heavy atom. The normalized spacial score (nSPS) is 30.2. The Balaban J connectivity index is 2.53. The number of likely N-dealkylation sites (tertiary alicyclic amines) is 1. The fourth-order valence-electron chi connectivity index (χ4n) is 2.31. The highest BCUT2D eigenvalue weighted by Crippen LogP contribution is 2.22. The summed E-state index contributed by atoms with van der Waals surface area (Å²) in [4.78, 5) is 4.44. The van der Waals surface area contributed by atoms with Gasteiger partial charge in [0.1, 0.15) is 0 Å². The van der Waals surface area contributed by atoms with Crippen molar-refractivity contribution in [1.29, 1.82) is 0 Å². The van der Waals surface area contributed by atoms with E-state index in [-0.39, 0.29) is 0 Å². The van der Waals surface area contributed by atoms with Gasteiger partial charge in [-0.05, 0) is 47.3 Å². The van der Waals surface area contributed by atoms with Crippen molar-refractivity contribution in [3.8, 4) is 0 Å².